The van der Waals surface area contributed by atoms with Gasteiger partial charge in [-0.2, -0.15) is 0 Å². The van der Waals surface area contributed by atoms with Gasteiger partial charge in [-0.05, 0) is 90.3 Å². The summed E-state index contributed by atoms with van der Waals surface area (Å²) in [5, 5.41) is 43.5. The predicted molar refractivity (Wildman–Crippen MR) is 175 cm³/mol. The molecule has 7 fully saturated rings. The zero-order valence-corrected chi connectivity index (χ0v) is 30.1. The average molecular weight is 663 g/mol. The molecule has 3 heterocycles. The van der Waals surface area contributed by atoms with Crippen LogP contribution in [0.1, 0.15) is 93.4 Å². The molecule has 9 nitrogen and oxygen atoms in total. The van der Waals surface area contributed by atoms with Gasteiger partial charge in [0.25, 0.3) is 0 Å². The lowest BCUT2D eigenvalue weighted by Gasteiger charge is -2.74. The maximum Gasteiger partial charge on any atom is 0.186 e. The highest BCUT2D eigenvalue weighted by Gasteiger charge is 2.76. The standard InChI is InChI=1S/C38H62O9/c1-19(2)21-16-23(45-32-29(42)28(41)30(43-8)24(18-39)46-32)31-35(21,5)14-15-36(6)27-20(10-12-37(31,36)7)38-13-11-26(40)34(3,4)25(38)17-22(27)47-33(38)44-9/h10,19,21-33,39-42H,11-18H2,1-9H3/t21-,22-,23+,24+,25-,26-,27-,28+,29-,30+,31-,32-,33+,35-,36-,37+,38-/m0/s1. The Morgan fingerprint density at radius 2 is 1.64 bits per heavy atom. The van der Waals surface area contributed by atoms with Crippen LogP contribution < -0.4 is 0 Å². The van der Waals surface area contributed by atoms with Gasteiger partial charge in [-0.3, -0.25) is 0 Å². The summed E-state index contributed by atoms with van der Waals surface area (Å²) >= 11 is 0. The molecular weight excluding hydrogens is 600 g/mol. The van der Waals surface area contributed by atoms with Crippen LogP contribution in [0.15, 0.2) is 11.6 Å². The van der Waals surface area contributed by atoms with Crippen LogP contribution in [0.5, 0.6) is 0 Å². The van der Waals surface area contributed by atoms with Gasteiger partial charge in [0.2, 0.25) is 0 Å². The molecule has 0 aromatic rings. The number of rotatable bonds is 6. The maximum atomic E-state index is 11.2. The first-order chi connectivity index (χ1) is 22.1. The number of allylic oxidation sites excluding steroid dienone is 1. The smallest absolute Gasteiger partial charge is 0.186 e. The second kappa shape index (κ2) is 11.4. The Balaban J connectivity index is 1.29. The minimum Gasteiger partial charge on any atom is -0.394 e. The van der Waals surface area contributed by atoms with Gasteiger partial charge in [0.15, 0.2) is 12.6 Å². The Morgan fingerprint density at radius 1 is 0.915 bits per heavy atom. The van der Waals surface area contributed by atoms with Crippen molar-refractivity contribution in [1.82, 2.24) is 0 Å². The van der Waals surface area contributed by atoms with Crippen LogP contribution in [0.25, 0.3) is 0 Å². The maximum absolute atomic E-state index is 11.2. The first-order valence-corrected chi connectivity index (χ1v) is 18.4. The number of hydrogen-bond donors (Lipinski definition) is 4. The van der Waals surface area contributed by atoms with Crippen molar-refractivity contribution in [1.29, 1.82) is 0 Å². The molecule has 47 heavy (non-hydrogen) atoms. The molecule has 17 atom stereocenters. The van der Waals surface area contributed by atoms with E-state index in [2.05, 4.69) is 54.5 Å². The fourth-order valence-corrected chi connectivity index (χ4v) is 13.7. The number of aliphatic hydroxyl groups excluding tert-OH is 4. The van der Waals surface area contributed by atoms with Gasteiger partial charge in [0, 0.05) is 25.6 Å². The molecule has 5 aliphatic carbocycles. The van der Waals surface area contributed by atoms with Crippen LogP contribution in [0.4, 0.5) is 0 Å². The Kier molecular flexibility index (Phi) is 8.48. The molecule has 8 rings (SSSR count). The lowest BCUT2D eigenvalue weighted by molar-refractivity contribution is -0.343. The number of methoxy groups -OCH3 is 2. The molecule has 3 aliphatic heterocycles. The van der Waals surface area contributed by atoms with Crippen LogP contribution in [0.3, 0.4) is 0 Å². The fraction of sp³-hybridized carbons (Fsp3) is 0.947. The van der Waals surface area contributed by atoms with Crippen LogP contribution in [0, 0.1) is 56.7 Å². The highest BCUT2D eigenvalue weighted by molar-refractivity contribution is 5.38. The van der Waals surface area contributed by atoms with Crippen molar-refractivity contribution in [2.24, 2.45) is 56.7 Å². The van der Waals surface area contributed by atoms with E-state index in [0.717, 1.165) is 44.9 Å². The summed E-state index contributed by atoms with van der Waals surface area (Å²) in [5.41, 5.74) is 0.846. The largest absolute Gasteiger partial charge is 0.394 e. The summed E-state index contributed by atoms with van der Waals surface area (Å²) < 4.78 is 31.6. The molecule has 268 valence electrons. The third-order valence-electron chi connectivity index (χ3n) is 16.1. The van der Waals surface area contributed by atoms with Gasteiger partial charge in [-0.15, -0.1) is 0 Å². The summed E-state index contributed by atoms with van der Waals surface area (Å²) in [5.74, 6) is 1.59. The minimum absolute atomic E-state index is 0.00763. The van der Waals surface area contributed by atoms with Gasteiger partial charge in [-0.1, -0.05) is 60.1 Å². The fourth-order valence-electron chi connectivity index (χ4n) is 13.7. The lowest BCUT2D eigenvalue weighted by Crippen LogP contribution is -2.72. The molecule has 4 N–H and O–H groups in total. The number of fused-ring (bicyclic) bond motifs is 4. The van der Waals surface area contributed by atoms with E-state index in [1.165, 1.54) is 12.7 Å². The molecule has 3 saturated heterocycles. The van der Waals surface area contributed by atoms with Crippen molar-refractivity contribution in [2.45, 2.75) is 149 Å². The van der Waals surface area contributed by atoms with Crippen LogP contribution in [-0.2, 0) is 23.7 Å². The Hall–Kier alpha value is -0.620. The molecule has 1 spiro atoms. The first kappa shape index (κ1) is 34.8. The van der Waals surface area contributed by atoms with Crippen molar-refractivity contribution in [2.75, 3.05) is 20.8 Å². The molecule has 0 aromatic carbocycles. The summed E-state index contributed by atoms with van der Waals surface area (Å²) in [6, 6.07) is 0. The molecule has 8 aliphatic rings. The van der Waals surface area contributed by atoms with E-state index in [4.69, 9.17) is 23.7 Å². The lowest BCUT2D eigenvalue weighted by atomic mass is 9.34. The van der Waals surface area contributed by atoms with E-state index >= 15 is 0 Å². The van der Waals surface area contributed by atoms with Gasteiger partial charge < -0.3 is 44.1 Å². The van der Waals surface area contributed by atoms with E-state index in [1.54, 1.807) is 7.11 Å². The van der Waals surface area contributed by atoms with E-state index in [-0.39, 0.29) is 76.0 Å². The van der Waals surface area contributed by atoms with Crippen molar-refractivity contribution < 1.29 is 44.1 Å². The van der Waals surface area contributed by atoms with E-state index in [1.807, 2.05) is 0 Å². The monoisotopic (exact) mass is 662 g/mol. The quantitative estimate of drug-likeness (QED) is 0.306. The van der Waals surface area contributed by atoms with Crippen molar-refractivity contribution in [3.8, 4) is 0 Å². The van der Waals surface area contributed by atoms with Crippen molar-refractivity contribution >= 4 is 0 Å². The van der Waals surface area contributed by atoms with E-state index in [9.17, 15) is 20.4 Å². The normalized spacial score (nSPS) is 56.4. The van der Waals surface area contributed by atoms with Gasteiger partial charge in [0.05, 0.1) is 24.9 Å². The second-order valence-corrected chi connectivity index (χ2v) is 18.3. The summed E-state index contributed by atoms with van der Waals surface area (Å²) in [4.78, 5) is 0. The topological polar surface area (TPSA) is 127 Å². The third-order valence-corrected chi connectivity index (χ3v) is 16.1. The van der Waals surface area contributed by atoms with Gasteiger partial charge >= 0.3 is 0 Å². The second-order valence-electron chi connectivity index (χ2n) is 18.3. The van der Waals surface area contributed by atoms with Gasteiger partial charge in [-0.25, -0.2) is 0 Å². The van der Waals surface area contributed by atoms with E-state index < -0.39 is 30.7 Å². The minimum atomic E-state index is -1.29. The van der Waals surface area contributed by atoms with Crippen LogP contribution in [0.2, 0.25) is 0 Å². The average Bonchev–Trinajstić information content (AvgIpc) is 3.34. The van der Waals surface area contributed by atoms with Gasteiger partial charge in [0.1, 0.15) is 24.4 Å². The summed E-state index contributed by atoms with van der Waals surface area (Å²) in [6.45, 7) is 16.3. The van der Waals surface area contributed by atoms with Crippen molar-refractivity contribution in [3.05, 3.63) is 11.6 Å². The SMILES string of the molecule is CO[C@H]1[C@H](O)[C@H](O)[C@@H](O[C@@H]2C[C@@H](C(C)C)[C@]3(C)CC[C@@]4(C)[C@H]5C(=CC[C@]4(C)[C@@H]23)[C@@]23CC[C@H](O)C(C)(C)[C@@H]2C[C@@H]5O[C@H]3OC)O[C@@H]1CO. The highest BCUT2D eigenvalue weighted by atomic mass is 16.7. The summed E-state index contributed by atoms with van der Waals surface area (Å²) in [7, 11) is 3.24. The van der Waals surface area contributed by atoms with E-state index in [0.29, 0.717) is 11.8 Å². The van der Waals surface area contributed by atoms with Crippen molar-refractivity contribution in [3.63, 3.8) is 0 Å². The Labute approximate surface area is 281 Å². The number of ether oxygens (including phenoxy) is 5. The first-order valence-electron chi connectivity index (χ1n) is 18.4. The molecule has 9 heteroatoms. The van der Waals surface area contributed by atoms with Crippen LogP contribution in [-0.4, -0.2) is 96.6 Å². The Bertz CT molecular complexity index is 1240. The molecule has 4 saturated carbocycles. The summed E-state index contributed by atoms with van der Waals surface area (Å²) in [6.07, 6.45) is 3.04. The molecule has 2 bridgehead atoms. The molecule has 0 aromatic heterocycles. The number of hydrogen-bond acceptors (Lipinski definition) is 9. The van der Waals surface area contributed by atoms with Crippen LogP contribution >= 0.6 is 0 Å². The third kappa shape index (κ3) is 4.40. The Morgan fingerprint density at radius 3 is 2.28 bits per heavy atom. The molecular formula is C38H62O9. The highest BCUT2D eigenvalue weighted by Crippen LogP contribution is 2.78. The molecule has 0 unspecified atom stereocenters. The molecule has 0 radical (unpaired) electrons. The zero-order chi connectivity index (χ0) is 34.1. The predicted octanol–water partition coefficient (Wildman–Crippen LogP) is 4.44. The molecule has 0 amide bonds. The zero-order valence-electron chi connectivity index (χ0n) is 30.1. The number of aliphatic hydroxyl groups is 4.